The van der Waals surface area contributed by atoms with Crippen LogP contribution in [0.2, 0.25) is 0 Å². The number of hydrogen-bond acceptors (Lipinski definition) is 7. The summed E-state index contributed by atoms with van der Waals surface area (Å²) < 4.78 is 69.5. The van der Waals surface area contributed by atoms with Crippen LogP contribution < -0.4 is 25.4 Å². The molecule has 4 N–H and O–H groups in total. The van der Waals surface area contributed by atoms with E-state index in [4.69, 9.17) is 9.47 Å². The molecule has 6 rings (SSSR count). The number of halogens is 4. The smallest absolute Gasteiger partial charge is 0.424 e. The van der Waals surface area contributed by atoms with Gasteiger partial charge in [-0.15, -0.1) is 0 Å². The number of amides is 1. The molecule has 43 heavy (non-hydrogen) atoms. The minimum Gasteiger partial charge on any atom is -0.490 e. The zero-order chi connectivity index (χ0) is 30.4. The molecule has 228 valence electrons. The minimum atomic E-state index is -5.22. The Labute approximate surface area is 245 Å². The number of ether oxygens (including phenoxy) is 2. The molecule has 3 aromatic rings. The summed E-state index contributed by atoms with van der Waals surface area (Å²) in [5.74, 6) is -0.0717. The van der Waals surface area contributed by atoms with Crippen molar-refractivity contribution in [2.24, 2.45) is 5.92 Å². The van der Waals surface area contributed by atoms with Crippen LogP contribution in [-0.4, -0.2) is 61.6 Å². The first-order valence-electron chi connectivity index (χ1n) is 14.2. The van der Waals surface area contributed by atoms with Gasteiger partial charge in [-0.2, -0.15) is 13.2 Å². The van der Waals surface area contributed by atoms with Crippen molar-refractivity contribution >= 4 is 11.6 Å². The van der Waals surface area contributed by atoms with Crippen molar-refractivity contribution in [1.82, 2.24) is 15.6 Å². The number of nitrogens with one attached hydrogen (secondary N) is 3. The van der Waals surface area contributed by atoms with Crippen LogP contribution in [0.25, 0.3) is 11.3 Å². The molecule has 1 aliphatic carbocycles. The van der Waals surface area contributed by atoms with Crippen LogP contribution in [0.4, 0.5) is 23.2 Å². The van der Waals surface area contributed by atoms with Crippen LogP contribution in [0.5, 0.6) is 11.5 Å². The maximum absolute atomic E-state index is 14.7. The lowest BCUT2D eigenvalue weighted by atomic mass is 9.82. The zero-order valence-electron chi connectivity index (χ0n) is 23.5. The number of carbonyl (C=O) groups is 1. The molecule has 8 nitrogen and oxygen atoms in total. The third kappa shape index (κ3) is 5.73. The third-order valence-electron chi connectivity index (χ3n) is 8.24. The molecule has 1 fully saturated rings. The molecule has 1 aromatic heterocycles. The number of alkyl halides is 3. The van der Waals surface area contributed by atoms with Crippen molar-refractivity contribution in [2.75, 3.05) is 44.7 Å². The number of fused-ring (bicyclic) bond motifs is 2. The van der Waals surface area contributed by atoms with Crippen molar-refractivity contribution < 1.29 is 36.9 Å². The highest BCUT2D eigenvalue weighted by molar-refractivity contribution is 5.95. The Kier molecular flexibility index (Phi) is 7.45. The van der Waals surface area contributed by atoms with Gasteiger partial charge < -0.3 is 30.5 Å². The van der Waals surface area contributed by atoms with Crippen LogP contribution in [0.15, 0.2) is 48.5 Å². The minimum absolute atomic E-state index is 0.0479. The fourth-order valence-electron chi connectivity index (χ4n) is 5.39. The lowest BCUT2D eigenvalue weighted by molar-refractivity contribution is -0.265. The lowest BCUT2D eigenvalue weighted by Crippen LogP contribution is -2.51. The Bertz CT molecular complexity index is 1530. The highest BCUT2D eigenvalue weighted by Crippen LogP contribution is 2.47. The maximum atomic E-state index is 14.7. The van der Waals surface area contributed by atoms with Crippen molar-refractivity contribution in [2.45, 2.75) is 37.0 Å². The summed E-state index contributed by atoms with van der Waals surface area (Å²) in [5, 5.41) is 20.1. The first-order chi connectivity index (χ1) is 20.5. The van der Waals surface area contributed by atoms with E-state index in [0.29, 0.717) is 48.2 Å². The van der Waals surface area contributed by atoms with Gasteiger partial charge in [-0.1, -0.05) is 6.92 Å². The number of nitrogens with zero attached hydrogens (tertiary/aromatic N) is 1. The molecule has 3 heterocycles. The zero-order valence-corrected chi connectivity index (χ0v) is 23.5. The third-order valence-corrected chi connectivity index (χ3v) is 8.24. The van der Waals surface area contributed by atoms with Crippen molar-refractivity contribution in [3.8, 4) is 22.8 Å². The fraction of sp³-hybridized carbons (Fsp3) is 0.419. The summed E-state index contributed by atoms with van der Waals surface area (Å²) >= 11 is 0. The summed E-state index contributed by atoms with van der Waals surface area (Å²) in [5.41, 5.74) is -3.43. The number of aromatic nitrogens is 1. The summed E-state index contributed by atoms with van der Waals surface area (Å²) in [7, 11) is 0. The predicted molar refractivity (Wildman–Crippen MR) is 151 cm³/mol. The van der Waals surface area contributed by atoms with Gasteiger partial charge in [0.15, 0.2) is 0 Å². The van der Waals surface area contributed by atoms with Crippen LogP contribution >= 0.6 is 0 Å². The molecule has 0 radical (unpaired) electrons. The molecular weight excluding hydrogens is 568 g/mol. The Balaban J connectivity index is 1.36. The molecule has 2 aromatic carbocycles. The number of carbonyl (C=O) groups excluding carboxylic acids is 1. The summed E-state index contributed by atoms with van der Waals surface area (Å²) in [6.45, 7) is 3.04. The summed E-state index contributed by atoms with van der Waals surface area (Å²) in [4.78, 5) is 17.2. The molecule has 2 atom stereocenters. The largest absolute Gasteiger partial charge is 0.490 e. The number of pyridine rings is 1. The van der Waals surface area contributed by atoms with Crippen molar-refractivity contribution in [3.05, 3.63) is 71.2 Å². The van der Waals surface area contributed by atoms with Crippen molar-refractivity contribution in [3.63, 3.8) is 0 Å². The average Bonchev–Trinajstić information content (AvgIpc) is 3.76. The SMILES string of the molecule is C[C@]1(CNCC2CC2)COc2c1cc(C(O)(CNC(=O)c1ccc3c(c1)OCCN3)C(F)(F)F)nc2-c1ccc(F)cc1. The standard InChI is InChI=1S/C31H32F4N4O4/c1-29(15-36-14-18-2-3-18)17-43-27-22(29)13-25(39-26(27)19-4-7-21(32)8-5-19)30(41,31(33,34)35)16-38-28(40)20-6-9-23-24(12-20)42-11-10-37-23/h4-9,12-13,18,36-37,41H,2-3,10-11,14-17H2,1H3,(H,38,40)/t29-,30?/m0/s1. The molecule has 0 bridgehead atoms. The number of aliphatic hydroxyl groups is 1. The number of benzene rings is 2. The molecular formula is C31H32F4N4O4. The van der Waals surface area contributed by atoms with Gasteiger partial charge in [0.1, 0.15) is 29.6 Å². The Hall–Kier alpha value is -3.90. The average molecular weight is 601 g/mol. The quantitative estimate of drug-likeness (QED) is 0.268. The van der Waals surface area contributed by atoms with Crippen LogP contribution in [0.3, 0.4) is 0 Å². The number of hydrogen-bond donors (Lipinski definition) is 4. The van der Waals surface area contributed by atoms with E-state index in [1.807, 2.05) is 6.92 Å². The van der Waals surface area contributed by atoms with E-state index < -0.39 is 41.2 Å². The predicted octanol–water partition coefficient (Wildman–Crippen LogP) is 4.52. The topological polar surface area (TPSA) is 105 Å². The van der Waals surface area contributed by atoms with Crippen LogP contribution in [-0.2, 0) is 11.0 Å². The van der Waals surface area contributed by atoms with E-state index in [-0.39, 0.29) is 23.6 Å². The van der Waals surface area contributed by atoms with E-state index in [1.54, 1.807) is 6.07 Å². The van der Waals surface area contributed by atoms with Gasteiger partial charge >= 0.3 is 6.18 Å². The van der Waals surface area contributed by atoms with Gasteiger partial charge in [-0.25, -0.2) is 9.37 Å². The van der Waals surface area contributed by atoms with Gasteiger partial charge in [-0.3, -0.25) is 4.79 Å². The molecule has 12 heteroatoms. The van der Waals surface area contributed by atoms with E-state index in [9.17, 15) is 27.5 Å². The Morgan fingerprint density at radius 3 is 2.63 bits per heavy atom. The number of rotatable bonds is 9. The molecule has 0 saturated heterocycles. The number of anilines is 1. The fourth-order valence-corrected chi connectivity index (χ4v) is 5.39. The van der Waals surface area contributed by atoms with Crippen LogP contribution in [0.1, 0.15) is 41.4 Å². The first-order valence-corrected chi connectivity index (χ1v) is 14.2. The summed E-state index contributed by atoms with van der Waals surface area (Å²) in [6, 6.07) is 10.9. The highest BCUT2D eigenvalue weighted by Gasteiger charge is 2.57. The highest BCUT2D eigenvalue weighted by atomic mass is 19.4. The second kappa shape index (κ2) is 11.0. The van der Waals surface area contributed by atoms with E-state index in [2.05, 4.69) is 20.9 Å². The molecule has 3 aliphatic rings. The van der Waals surface area contributed by atoms with E-state index >= 15 is 0 Å². The van der Waals surface area contributed by atoms with Gasteiger partial charge in [0, 0.05) is 35.2 Å². The Morgan fingerprint density at radius 2 is 1.91 bits per heavy atom. The lowest BCUT2D eigenvalue weighted by Gasteiger charge is -2.32. The molecule has 2 aliphatic heterocycles. The molecule has 1 saturated carbocycles. The molecule has 0 spiro atoms. The first kappa shape index (κ1) is 29.2. The summed E-state index contributed by atoms with van der Waals surface area (Å²) in [6.07, 6.45) is -2.94. The Morgan fingerprint density at radius 1 is 1.14 bits per heavy atom. The normalized spacial score (nSPS) is 20.6. The monoisotopic (exact) mass is 600 g/mol. The van der Waals surface area contributed by atoms with Crippen LogP contribution in [0, 0.1) is 11.7 Å². The van der Waals surface area contributed by atoms with Gasteiger partial charge in [0.05, 0.1) is 24.5 Å². The van der Waals surface area contributed by atoms with Gasteiger partial charge in [-0.05, 0) is 73.8 Å². The van der Waals surface area contributed by atoms with Crippen molar-refractivity contribution in [1.29, 1.82) is 0 Å². The molecule has 1 unspecified atom stereocenters. The van der Waals surface area contributed by atoms with Gasteiger partial charge in [0.25, 0.3) is 5.91 Å². The second-order valence-electron chi connectivity index (χ2n) is 11.7. The maximum Gasteiger partial charge on any atom is 0.424 e. The molecule has 1 amide bonds. The van der Waals surface area contributed by atoms with E-state index in [0.717, 1.165) is 19.4 Å². The van der Waals surface area contributed by atoms with E-state index in [1.165, 1.54) is 42.5 Å². The second-order valence-corrected chi connectivity index (χ2v) is 11.7. The van der Waals surface area contributed by atoms with Gasteiger partial charge in [0.2, 0.25) is 5.60 Å².